The van der Waals surface area contributed by atoms with Gasteiger partial charge in [-0.3, -0.25) is 4.79 Å². The summed E-state index contributed by atoms with van der Waals surface area (Å²) in [6.07, 6.45) is -4.61. The van der Waals surface area contributed by atoms with Gasteiger partial charge in [-0.05, 0) is 82.1 Å². The van der Waals surface area contributed by atoms with Crippen LogP contribution in [0.2, 0.25) is 0 Å². The van der Waals surface area contributed by atoms with Crippen LogP contribution in [0.3, 0.4) is 0 Å². The Labute approximate surface area is 251 Å². The lowest BCUT2D eigenvalue weighted by Crippen LogP contribution is -2.75. The summed E-state index contributed by atoms with van der Waals surface area (Å²) in [6, 6.07) is 0. The number of ether oxygens (including phenoxy) is 4. The highest BCUT2D eigenvalue weighted by Crippen LogP contribution is 2.71. The van der Waals surface area contributed by atoms with E-state index < -0.39 is 82.8 Å². The average Bonchev–Trinajstić information content (AvgIpc) is 3.51. The predicted molar refractivity (Wildman–Crippen MR) is 147 cm³/mol. The lowest BCUT2D eigenvalue weighted by atomic mass is 9.40. The average molecular weight is 611 g/mol. The van der Waals surface area contributed by atoms with Gasteiger partial charge in [-0.25, -0.2) is 4.79 Å². The zero-order valence-electron chi connectivity index (χ0n) is 25.1. The van der Waals surface area contributed by atoms with Gasteiger partial charge in [-0.1, -0.05) is 6.92 Å². The highest BCUT2D eigenvalue weighted by atomic mass is 16.7. The van der Waals surface area contributed by atoms with Crippen molar-refractivity contribution in [2.45, 2.75) is 126 Å². The number of cyclic esters (lactones) is 1. The van der Waals surface area contributed by atoms with Gasteiger partial charge >= 0.3 is 11.9 Å². The number of hydrogen-bond donors (Lipinski definition) is 6. The molecule has 12 heteroatoms. The second-order valence-electron chi connectivity index (χ2n) is 14.1. The van der Waals surface area contributed by atoms with Crippen LogP contribution in [-0.4, -0.2) is 110 Å². The van der Waals surface area contributed by atoms with Gasteiger partial charge in [0.15, 0.2) is 6.29 Å². The molecule has 1 saturated heterocycles. The van der Waals surface area contributed by atoms with Gasteiger partial charge in [0.1, 0.15) is 35.9 Å². The fourth-order valence-electron chi connectivity index (χ4n) is 10.1. The lowest BCUT2D eigenvalue weighted by molar-refractivity contribution is -0.327. The third kappa shape index (κ3) is 4.31. The molecule has 0 aromatic carbocycles. The molecule has 0 radical (unpaired) electrons. The van der Waals surface area contributed by atoms with Gasteiger partial charge in [0, 0.05) is 17.9 Å². The molecule has 2 heterocycles. The topological polar surface area (TPSA) is 192 Å². The molecule has 3 unspecified atom stereocenters. The van der Waals surface area contributed by atoms with Crippen LogP contribution in [0.1, 0.15) is 72.1 Å². The van der Waals surface area contributed by atoms with Crippen LogP contribution < -0.4 is 0 Å². The third-order valence-corrected chi connectivity index (χ3v) is 12.4. The molecule has 6 N–H and O–H groups in total. The molecular formula is C31H46O12. The number of carbonyl (C=O) groups excluding carboxylic acids is 2. The van der Waals surface area contributed by atoms with E-state index in [9.17, 15) is 40.2 Å². The molecule has 5 fully saturated rings. The van der Waals surface area contributed by atoms with Crippen molar-refractivity contribution in [2.24, 2.45) is 28.6 Å². The van der Waals surface area contributed by atoms with Gasteiger partial charge < -0.3 is 49.6 Å². The van der Waals surface area contributed by atoms with Gasteiger partial charge in [0.2, 0.25) is 0 Å². The molecule has 0 bridgehead atoms. The Morgan fingerprint density at radius 2 is 1.74 bits per heavy atom. The second-order valence-corrected chi connectivity index (χ2v) is 14.1. The first kappa shape index (κ1) is 31.3. The summed E-state index contributed by atoms with van der Waals surface area (Å²) in [5, 5.41) is 67.6. The SMILES string of the molecule is CCOC(=O)[C@]12CCC(O[C@@H]3O[C@@H](C)[C@H](O)[C@@H](O)[C@H]3O)CC1(O)C(O)C[C@@H]1[C@@H]2CC[C@]2(C)[C@@H](C3=CC(=O)OC3)CC[C@]12O. The third-order valence-electron chi connectivity index (χ3n) is 12.4. The molecule has 0 aromatic heterocycles. The minimum atomic E-state index is -1.96. The molecule has 0 spiro atoms. The first-order valence-electron chi connectivity index (χ1n) is 15.8. The fraction of sp³-hybridized carbons (Fsp3) is 0.871. The summed E-state index contributed by atoms with van der Waals surface area (Å²) in [5.41, 5.74) is -4.47. The second kappa shape index (κ2) is 10.7. The lowest BCUT2D eigenvalue weighted by Gasteiger charge is -2.66. The zero-order valence-corrected chi connectivity index (χ0v) is 25.1. The van der Waals surface area contributed by atoms with E-state index >= 15 is 0 Å². The van der Waals surface area contributed by atoms with Gasteiger partial charge in [-0.2, -0.15) is 0 Å². The van der Waals surface area contributed by atoms with Crippen molar-refractivity contribution in [3.63, 3.8) is 0 Å². The number of esters is 2. The number of rotatable bonds is 5. The summed E-state index contributed by atoms with van der Waals surface area (Å²) >= 11 is 0. The van der Waals surface area contributed by atoms with E-state index in [1.54, 1.807) is 13.8 Å². The Bertz CT molecular complexity index is 1160. The largest absolute Gasteiger partial charge is 0.465 e. The first-order valence-corrected chi connectivity index (χ1v) is 15.8. The molecule has 2 aliphatic heterocycles. The molecule has 6 aliphatic rings. The Hall–Kier alpha value is -1.64. The van der Waals surface area contributed by atoms with Crippen molar-refractivity contribution in [3.8, 4) is 0 Å². The maximum Gasteiger partial charge on any atom is 0.331 e. The molecule has 242 valence electrons. The van der Waals surface area contributed by atoms with Crippen molar-refractivity contribution in [1.82, 2.24) is 0 Å². The summed E-state index contributed by atoms with van der Waals surface area (Å²) in [7, 11) is 0. The van der Waals surface area contributed by atoms with Gasteiger partial charge in [-0.15, -0.1) is 0 Å². The van der Waals surface area contributed by atoms with E-state index in [0.717, 1.165) is 5.57 Å². The number of aliphatic hydroxyl groups is 6. The van der Waals surface area contributed by atoms with Crippen LogP contribution >= 0.6 is 0 Å². The first-order chi connectivity index (χ1) is 20.2. The van der Waals surface area contributed by atoms with Gasteiger partial charge in [0.05, 0.1) is 30.5 Å². The maximum atomic E-state index is 14.0. The highest BCUT2D eigenvalue weighted by Gasteiger charge is 2.76. The van der Waals surface area contributed by atoms with E-state index in [2.05, 4.69) is 0 Å². The number of carbonyl (C=O) groups is 2. The van der Waals surface area contributed by atoms with Crippen molar-refractivity contribution in [1.29, 1.82) is 0 Å². The quantitative estimate of drug-likeness (QED) is 0.182. The predicted octanol–water partition coefficient (Wildman–Crippen LogP) is 0.0850. The summed E-state index contributed by atoms with van der Waals surface area (Å²) in [6.45, 7) is 5.55. The van der Waals surface area contributed by atoms with Crippen molar-refractivity contribution >= 4 is 11.9 Å². The Balaban J connectivity index is 1.31. The molecule has 4 saturated carbocycles. The van der Waals surface area contributed by atoms with E-state index in [0.29, 0.717) is 25.7 Å². The number of hydrogen-bond acceptors (Lipinski definition) is 12. The molecule has 43 heavy (non-hydrogen) atoms. The fourth-order valence-corrected chi connectivity index (χ4v) is 10.1. The van der Waals surface area contributed by atoms with E-state index in [1.165, 1.54) is 6.08 Å². The normalized spacial score (nSPS) is 52.9. The van der Waals surface area contributed by atoms with Crippen LogP contribution in [0.15, 0.2) is 11.6 Å². The molecular weight excluding hydrogens is 564 g/mol. The van der Waals surface area contributed by atoms with Gasteiger partial charge in [0.25, 0.3) is 0 Å². The van der Waals surface area contributed by atoms with Crippen LogP contribution in [0.5, 0.6) is 0 Å². The Morgan fingerprint density at radius 3 is 2.42 bits per heavy atom. The molecule has 12 nitrogen and oxygen atoms in total. The molecule has 0 aromatic rings. The standard InChI is InChI=1S/C31H46O12/c1-4-40-27(37)29-9-5-17(43-26-25(36)24(35)23(34)15(2)42-26)13-31(29,39)21(32)12-20-19(29)6-8-28(3)18(7-10-30(20,28)38)16-11-22(33)41-14-16/h11,15,17-21,23-26,32,34-36,38-39H,4-10,12-14H2,1-3H3/t15-,17?,18+,19-,20+,21?,23-,24+,25+,26-,28+,29+,30-,31?/m0/s1. The highest BCUT2D eigenvalue weighted by molar-refractivity contribution is 5.85. The summed E-state index contributed by atoms with van der Waals surface area (Å²) < 4.78 is 22.5. The summed E-state index contributed by atoms with van der Waals surface area (Å²) in [5.74, 6) is -2.06. The number of fused-ring (bicyclic) bond motifs is 5. The zero-order chi connectivity index (χ0) is 31.1. The summed E-state index contributed by atoms with van der Waals surface area (Å²) in [4.78, 5) is 25.9. The van der Waals surface area contributed by atoms with E-state index in [4.69, 9.17) is 18.9 Å². The van der Waals surface area contributed by atoms with Crippen LogP contribution in [-0.2, 0) is 28.5 Å². The molecule has 4 aliphatic carbocycles. The van der Waals surface area contributed by atoms with Crippen molar-refractivity contribution < 1.29 is 59.2 Å². The van der Waals surface area contributed by atoms with Crippen molar-refractivity contribution in [3.05, 3.63) is 11.6 Å². The van der Waals surface area contributed by atoms with Crippen molar-refractivity contribution in [2.75, 3.05) is 13.2 Å². The molecule has 6 rings (SSSR count). The van der Waals surface area contributed by atoms with Crippen LogP contribution in [0, 0.1) is 28.6 Å². The Kier molecular flexibility index (Phi) is 7.82. The van der Waals surface area contributed by atoms with Crippen LogP contribution in [0.25, 0.3) is 0 Å². The van der Waals surface area contributed by atoms with Crippen LogP contribution in [0.4, 0.5) is 0 Å². The maximum absolute atomic E-state index is 14.0. The minimum absolute atomic E-state index is 0.0623. The minimum Gasteiger partial charge on any atom is -0.465 e. The van der Waals surface area contributed by atoms with E-state index in [1.807, 2.05) is 6.92 Å². The Morgan fingerprint density at radius 1 is 1.00 bits per heavy atom. The molecule has 14 atom stereocenters. The molecule has 0 amide bonds. The smallest absolute Gasteiger partial charge is 0.331 e. The monoisotopic (exact) mass is 610 g/mol. The van der Waals surface area contributed by atoms with E-state index in [-0.39, 0.29) is 50.8 Å². The number of aliphatic hydroxyl groups excluding tert-OH is 4.